The van der Waals surface area contributed by atoms with Gasteiger partial charge in [-0.05, 0) is 29.8 Å². The Morgan fingerprint density at radius 3 is 2.70 bits per heavy atom. The Morgan fingerprint density at radius 1 is 1.07 bits per heavy atom. The van der Waals surface area contributed by atoms with Gasteiger partial charge in [-0.1, -0.05) is 48.0 Å². The molecule has 0 aliphatic carbocycles. The van der Waals surface area contributed by atoms with Crippen molar-refractivity contribution >= 4 is 34.1 Å². The standard InChI is InChI=1S/C22H18ClN3O/c1-26-14-19(17-10-9-16(23)12-20(17)26)21(27)18-8-5-11-24-22(18)25-13-15-6-3-2-4-7-15/h2-12,14H,13H2,1H3,(H,24,25). The fourth-order valence-electron chi connectivity index (χ4n) is 3.19. The zero-order chi connectivity index (χ0) is 18.8. The van der Waals surface area contributed by atoms with Crippen LogP contribution in [0.4, 0.5) is 5.82 Å². The monoisotopic (exact) mass is 375 g/mol. The first-order valence-electron chi connectivity index (χ1n) is 8.65. The van der Waals surface area contributed by atoms with Gasteiger partial charge >= 0.3 is 0 Å². The van der Waals surface area contributed by atoms with E-state index >= 15 is 0 Å². The Kier molecular flexibility index (Phi) is 4.65. The number of carbonyl (C=O) groups excluding carboxylic acids is 1. The van der Waals surface area contributed by atoms with Gasteiger partial charge in [-0.3, -0.25) is 4.79 Å². The minimum Gasteiger partial charge on any atom is -0.365 e. The summed E-state index contributed by atoms with van der Waals surface area (Å²) >= 11 is 6.10. The molecule has 0 spiro atoms. The number of nitrogens with zero attached hydrogens (tertiary/aromatic N) is 2. The number of carbonyl (C=O) groups is 1. The molecular formula is C22H18ClN3O. The van der Waals surface area contributed by atoms with Crippen molar-refractivity contribution in [2.45, 2.75) is 6.54 Å². The Morgan fingerprint density at radius 2 is 1.89 bits per heavy atom. The van der Waals surface area contributed by atoms with Gasteiger partial charge in [0, 0.05) is 47.5 Å². The predicted molar refractivity (Wildman–Crippen MR) is 109 cm³/mol. The molecule has 0 atom stereocenters. The Balaban J connectivity index is 1.69. The quantitative estimate of drug-likeness (QED) is 0.495. The van der Waals surface area contributed by atoms with Crippen molar-refractivity contribution in [2.75, 3.05) is 5.32 Å². The number of anilines is 1. The van der Waals surface area contributed by atoms with Crippen molar-refractivity contribution in [3.63, 3.8) is 0 Å². The molecule has 27 heavy (non-hydrogen) atoms. The molecule has 0 amide bonds. The van der Waals surface area contributed by atoms with E-state index in [0.717, 1.165) is 16.5 Å². The maximum absolute atomic E-state index is 13.3. The van der Waals surface area contributed by atoms with Crippen molar-refractivity contribution in [1.82, 2.24) is 9.55 Å². The van der Waals surface area contributed by atoms with Gasteiger partial charge in [0.25, 0.3) is 0 Å². The lowest BCUT2D eigenvalue weighted by Crippen LogP contribution is -2.09. The number of rotatable bonds is 5. The largest absolute Gasteiger partial charge is 0.365 e. The van der Waals surface area contributed by atoms with Crippen LogP contribution < -0.4 is 5.32 Å². The molecular weight excluding hydrogens is 358 g/mol. The van der Waals surface area contributed by atoms with E-state index in [9.17, 15) is 4.79 Å². The van der Waals surface area contributed by atoms with E-state index < -0.39 is 0 Å². The molecule has 4 nitrogen and oxygen atoms in total. The third kappa shape index (κ3) is 3.44. The highest BCUT2D eigenvalue weighted by Gasteiger charge is 2.19. The molecule has 4 aromatic rings. The number of nitrogens with one attached hydrogen (secondary N) is 1. The van der Waals surface area contributed by atoms with Gasteiger partial charge in [0.1, 0.15) is 5.82 Å². The molecule has 2 aromatic carbocycles. The zero-order valence-corrected chi connectivity index (χ0v) is 15.6. The molecule has 0 saturated heterocycles. The Hall–Kier alpha value is -3.11. The number of pyridine rings is 1. The number of fused-ring (bicyclic) bond motifs is 1. The van der Waals surface area contributed by atoms with Crippen LogP contribution in [0, 0.1) is 0 Å². The summed E-state index contributed by atoms with van der Waals surface area (Å²) in [5.41, 5.74) is 3.24. The van der Waals surface area contributed by atoms with Gasteiger partial charge in [-0.15, -0.1) is 0 Å². The van der Waals surface area contributed by atoms with Crippen LogP contribution in [0.15, 0.2) is 73.1 Å². The molecule has 5 heteroatoms. The van der Waals surface area contributed by atoms with E-state index in [1.807, 2.05) is 60.3 Å². The molecule has 2 heterocycles. The van der Waals surface area contributed by atoms with Gasteiger partial charge < -0.3 is 9.88 Å². The average Bonchev–Trinajstić information content (AvgIpc) is 3.03. The van der Waals surface area contributed by atoms with Gasteiger partial charge in [0.15, 0.2) is 5.78 Å². The van der Waals surface area contributed by atoms with Crippen LogP contribution in [0.25, 0.3) is 10.9 Å². The van der Waals surface area contributed by atoms with Crippen molar-refractivity contribution in [3.8, 4) is 0 Å². The van der Waals surface area contributed by atoms with Gasteiger partial charge in [0.2, 0.25) is 0 Å². The molecule has 2 aromatic heterocycles. The van der Waals surface area contributed by atoms with E-state index in [4.69, 9.17) is 11.6 Å². The molecule has 134 valence electrons. The normalized spacial score (nSPS) is 10.9. The molecule has 0 radical (unpaired) electrons. The second-order valence-electron chi connectivity index (χ2n) is 6.38. The van der Waals surface area contributed by atoms with Gasteiger partial charge in [-0.25, -0.2) is 4.98 Å². The summed E-state index contributed by atoms with van der Waals surface area (Å²) in [5.74, 6) is 0.518. The number of halogens is 1. The fraction of sp³-hybridized carbons (Fsp3) is 0.0909. The summed E-state index contributed by atoms with van der Waals surface area (Å²) in [6.45, 7) is 0.600. The molecule has 0 aliphatic heterocycles. The van der Waals surface area contributed by atoms with Crippen LogP contribution >= 0.6 is 11.6 Å². The van der Waals surface area contributed by atoms with E-state index in [1.54, 1.807) is 24.4 Å². The van der Waals surface area contributed by atoms with E-state index in [1.165, 1.54) is 0 Å². The Labute approximate surface area is 162 Å². The summed E-state index contributed by atoms with van der Waals surface area (Å²) in [7, 11) is 1.91. The lowest BCUT2D eigenvalue weighted by molar-refractivity contribution is 0.104. The highest BCUT2D eigenvalue weighted by Crippen LogP contribution is 2.27. The third-order valence-corrected chi connectivity index (χ3v) is 4.79. The summed E-state index contributed by atoms with van der Waals surface area (Å²) in [6, 6.07) is 19.2. The first-order chi connectivity index (χ1) is 13.1. The molecule has 0 bridgehead atoms. The second-order valence-corrected chi connectivity index (χ2v) is 6.82. The smallest absolute Gasteiger partial charge is 0.198 e. The van der Waals surface area contributed by atoms with Crippen LogP contribution in [-0.4, -0.2) is 15.3 Å². The first kappa shape index (κ1) is 17.3. The van der Waals surface area contributed by atoms with Crippen LogP contribution in [0.5, 0.6) is 0 Å². The predicted octanol–water partition coefficient (Wildman–Crippen LogP) is 5.07. The fourth-order valence-corrected chi connectivity index (χ4v) is 3.36. The van der Waals surface area contributed by atoms with Crippen LogP contribution in [0.1, 0.15) is 21.5 Å². The minimum atomic E-state index is -0.0633. The summed E-state index contributed by atoms with van der Waals surface area (Å²) in [4.78, 5) is 17.6. The molecule has 0 fully saturated rings. The van der Waals surface area contributed by atoms with Crippen LogP contribution in [-0.2, 0) is 13.6 Å². The molecule has 0 aliphatic rings. The Bertz CT molecular complexity index is 1120. The minimum absolute atomic E-state index is 0.0633. The highest BCUT2D eigenvalue weighted by atomic mass is 35.5. The van der Waals surface area contributed by atoms with E-state index in [0.29, 0.717) is 28.5 Å². The molecule has 1 N–H and O–H groups in total. The lowest BCUT2D eigenvalue weighted by Gasteiger charge is -2.10. The topological polar surface area (TPSA) is 46.9 Å². The highest BCUT2D eigenvalue weighted by molar-refractivity contribution is 6.31. The average molecular weight is 376 g/mol. The van der Waals surface area contributed by atoms with Crippen molar-refractivity contribution in [1.29, 1.82) is 0 Å². The van der Waals surface area contributed by atoms with Gasteiger partial charge in [0.05, 0.1) is 5.56 Å². The number of benzene rings is 2. The number of aromatic nitrogens is 2. The maximum atomic E-state index is 13.3. The van der Waals surface area contributed by atoms with Crippen molar-refractivity contribution < 1.29 is 4.79 Å². The zero-order valence-electron chi connectivity index (χ0n) is 14.8. The summed E-state index contributed by atoms with van der Waals surface area (Å²) < 4.78 is 1.92. The molecule has 0 saturated carbocycles. The van der Waals surface area contributed by atoms with Crippen LogP contribution in [0.3, 0.4) is 0 Å². The van der Waals surface area contributed by atoms with Gasteiger partial charge in [-0.2, -0.15) is 0 Å². The second kappa shape index (κ2) is 7.25. The number of ketones is 1. The van der Waals surface area contributed by atoms with Crippen molar-refractivity contribution in [2.24, 2.45) is 7.05 Å². The molecule has 0 unspecified atom stereocenters. The maximum Gasteiger partial charge on any atom is 0.198 e. The first-order valence-corrected chi connectivity index (χ1v) is 9.03. The van der Waals surface area contributed by atoms with Crippen LogP contribution in [0.2, 0.25) is 5.02 Å². The number of aryl methyl sites for hydroxylation is 1. The summed E-state index contributed by atoms with van der Waals surface area (Å²) in [5, 5.41) is 4.81. The SMILES string of the molecule is Cn1cc(C(=O)c2cccnc2NCc2ccccc2)c2ccc(Cl)cc21. The van der Waals surface area contributed by atoms with E-state index in [2.05, 4.69) is 10.3 Å². The molecule has 4 rings (SSSR count). The number of hydrogen-bond acceptors (Lipinski definition) is 3. The third-order valence-electron chi connectivity index (χ3n) is 4.55. The number of hydrogen-bond donors (Lipinski definition) is 1. The summed E-state index contributed by atoms with van der Waals surface area (Å²) in [6.07, 6.45) is 3.53. The van der Waals surface area contributed by atoms with E-state index in [-0.39, 0.29) is 5.78 Å². The van der Waals surface area contributed by atoms with Crippen molar-refractivity contribution in [3.05, 3.63) is 94.8 Å². The lowest BCUT2D eigenvalue weighted by atomic mass is 10.0.